The number of piperazine rings is 1. The highest BCUT2D eigenvalue weighted by Gasteiger charge is 2.28. The van der Waals surface area contributed by atoms with Crippen molar-refractivity contribution in [3.05, 3.63) is 33.9 Å². The van der Waals surface area contributed by atoms with Gasteiger partial charge in [0.15, 0.2) is 0 Å². The van der Waals surface area contributed by atoms with Crippen molar-refractivity contribution in [2.45, 2.75) is 0 Å². The molecule has 9 heteroatoms. The van der Waals surface area contributed by atoms with Crippen LogP contribution in [0.15, 0.2) is 18.2 Å². The summed E-state index contributed by atoms with van der Waals surface area (Å²) in [6, 6.07) is 3.21. The van der Waals surface area contributed by atoms with Gasteiger partial charge in [0.25, 0.3) is 5.69 Å². The predicted octanol–water partition coefficient (Wildman–Crippen LogP) is -0.244. The van der Waals surface area contributed by atoms with Gasteiger partial charge in [-0.15, -0.1) is 0 Å². The van der Waals surface area contributed by atoms with Gasteiger partial charge in [-0.1, -0.05) is 0 Å². The Labute approximate surface area is 111 Å². The van der Waals surface area contributed by atoms with Gasteiger partial charge < -0.3 is 10.0 Å². The molecule has 20 heavy (non-hydrogen) atoms. The smallest absolute Gasteiger partial charge is 0.335 e. The lowest BCUT2D eigenvalue weighted by atomic mass is 10.1. The maximum absolute atomic E-state index is 11.3. The molecule has 0 spiro atoms. The van der Waals surface area contributed by atoms with Crippen LogP contribution in [0.25, 0.3) is 0 Å². The van der Waals surface area contributed by atoms with Crippen LogP contribution in [0.5, 0.6) is 0 Å². The highest BCUT2D eigenvalue weighted by molar-refractivity contribution is 6.03. The van der Waals surface area contributed by atoms with Crippen LogP contribution in [0.4, 0.5) is 11.4 Å². The summed E-state index contributed by atoms with van der Waals surface area (Å²) in [5, 5.41) is 21.9. The summed E-state index contributed by atoms with van der Waals surface area (Å²) in [5.74, 6) is -2.46. The van der Waals surface area contributed by atoms with Crippen molar-refractivity contribution in [2.75, 3.05) is 18.0 Å². The number of hydrogen-bond donors (Lipinski definition) is 2. The second-order valence-corrected chi connectivity index (χ2v) is 4.09. The molecule has 2 rings (SSSR count). The first-order valence-electron chi connectivity index (χ1n) is 5.48. The van der Waals surface area contributed by atoms with E-state index in [9.17, 15) is 24.5 Å². The van der Waals surface area contributed by atoms with Gasteiger partial charge in [-0.3, -0.25) is 25.0 Å². The molecule has 1 aromatic carbocycles. The fourth-order valence-electron chi connectivity index (χ4n) is 1.87. The van der Waals surface area contributed by atoms with Gasteiger partial charge in [-0.05, 0) is 12.1 Å². The van der Waals surface area contributed by atoms with Crippen LogP contribution in [-0.4, -0.2) is 40.9 Å². The minimum Gasteiger partial charge on any atom is -0.478 e. The number of imide groups is 1. The van der Waals surface area contributed by atoms with Crippen molar-refractivity contribution < 1.29 is 24.4 Å². The summed E-state index contributed by atoms with van der Waals surface area (Å²) < 4.78 is 0. The molecule has 2 N–H and O–H groups in total. The van der Waals surface area contributed by atoms with Gasteiger partial charge >= 0.3 is 5.97 Å². The summed E-state index contributed by atoms with van der Waals surface area (Å²) in [7, 11) is 0. The molecule has 1 heterocycles. The minimum absolute atomic E-state index is 0.0712. The van der Waals surface area contributed by atoms with Crippen LogP contribution in [0.1, 0.15) is 10.4 Å². The molecule has 0 aromatic heterocycles. The number of carbonyl (C=O) groups is 3. The van der Waals surface area contributed by atoms with E-state index < -0.39 is 22.7 Å². The molecular weight excluding hydrogens is 270 g/mol. The Morgan fingerprint density at radius 1 is 1.30 bits per heavy atom. The molecule has 1 aliphatic rings. The highest BCUT2D eigenvalue weighted by atomic mass is 16.6. The zero-order valence-corrected chi connectivity index (χ0v) is 10.0. The number of carboxylic acid groups (broad SMARTS) is 1. The van der Waals surface area contributed by atoms with Gasteiger partial charge in [0.2, 0.25) is 11.8 Å². The zero-order valence-electron chi connectivity index (χ0n) is 10.0. The molecular formula is C11H9N3O6. The number of anilines is 1. The second kappa shape index (κ2) is 4.96. The molecule has 1 aliphatic heterocycles. The van der Waals surface area contributed by atoms with Crippen molar-refractivity contribution in [3.8, 4) is 0 Å². The third-order valence-corrected chi connectivity index (χ3v) is 2.71. The van der Waals surface area contributed by atoms with E-state index >= 15 is 0 Å². The molecule has 0 radical (unpaired) electrons. The lowest BCUT2D eigenvalue weighted by Gasteiger charge is -2.27. The van der Waals surface area contributed by atoms with Crippen LogP contribution in [-0.2, 0) is 9.59 Å². The largest absolute Gasteiger partial charge is 0.478 e. The van der Waals surface area contributed by atoms with E-state index in [1.54, 1.807) is 0 Å². The Kier molecular flexibility index (Phi) is 3.34. The van der Waals surface area contributed by atoms with Crippen molar-refractivity contribution in [1.82, 2.24) is 5.32 Å². The number of rotatable bonds is 3. The summed E-state index contributed by atoms with van der Waals surface area (Å²) in [5.41, 5.74) is -0.598. The summed E-state index contributed by atoms with van der Waals surface area (Å²) >= 11 is 0. The summed E-state index contributed by atoms with van der Waals surface area (Å²) in [6.07, 6.45) is 0. The van der Waals surface area contributed by atoms with Gasteiger partial charge in [-0.2, -0.15) is 0 Å². The van der Waals surface area contributed by atoms with Crippen LogP contribution < -0.4 is 10.2 Å². The standard InChI is InChI=1S/C11H9N3O6/c15-9-4-13(5-10(16)12-9)8-3-6(11(17)18)1-2-7(8)14(19)20/h1-3H,4-5H2,(H,17,18)(H,12,15,16). The SMILES string of the molecule is O=C1CN(c2cc(C(=O)O)ccc2[N+](=O)[O-])CC(=O)N1. The number of nitro benzene ring substituents is 1. The first-order valence-corrected chi connectivity index (χ1v) is 5.48. The van der Waals surface area contributed by atoms with Crippen molar-refractivity contribution in [3.63, 3.8) is 0 Å². The van der Waals surface area contributed by atoms with E-state index in [1.807, 2.05) is 0 Å². The van der Waals surface area contributed by atoms with Crippen molar-refractivity contribution >= 4 is 29.2 Å². The number of nitrogens with zero attached hydrogens (tertiary/aromatic N) is 2. The number of hydrogen-bond acceptors (Lipinski definition) is 6. The topological polar surface area (TPSA) is 130 Å². The number of benzene rings is 1. The molecule has 104 valence electrons. The van der Waals surface area contributed by atoms with Crippen LogP contribution in [0.2, 0.25) is 0 Å². The Morgan fingerprint density at radius 2 is 1.90 bits per heavy atom. The zero-order chi connectivity index (χ0) is 14.9. The van der Waals surface area contributed by atoms with Crippen molar-refractivity contribution in [2.24, 2.45) is 0 Å². The molecule has 0 atom stereocenters. The van der Waals surface area contributed by atoms with Crippen molar-refractivity contribution in [1.29, 1.82) is 0 Å². The minimum atomic E-state index is -1.26. The number of nitro groups is 1. The predicted molar refractivity (Wildman–Crippen MR) is 65.4 cm³/mol. The van der Waals surface area contributed by atoms with E-state index in [4.69, 9.17) is 5.11 Å². The number of nitrogens with one attached hydrogen (secondary N) is 1. The molecule has 0 aliphatic carbocycles. The van der Waals surface area contributed by atoms with E-state index in [2.05, 4.69) is 5.32 Å². The average molecular weight is 279 g/mol. The van der Waals surface area contributed by atoms with Gasteiger partial charge in [0.05, 0.1) is 23.6 Å². The Hall–Kier alpha value is -2.97. The Bertz CT molecular complexity index is 611. The number of aromatic carboxylic acids is 1. The van der Waals surface area contributed by atoms with Gasteiger partial charge in [0, 0.05) is 6.07 Å². The molecule has 1 saturated heterocycles. The maximum Gasteiger partial charge on any atom is 0.335 e. The van der Waals surface area contributed by atoms with Gasteiger partial charge in [0.1, 0.15) is 5.69 Å². The number of carbonyl (C=O) groups excluding carboxylic acids is 2. The fourth-order valence-corrected chi connectivity index (χ4v) is 1.87. The van der Waals surface area contributed by atoms with E-state index in [1.165, 1.54) is 4.90 Å². The fraction of sp³-hybridized carbons (Fsp3) is 0.182. The van der Waals surface area contributed by atoms with E-state index in [0.717, 1.165) is 18.2 Å². The lowest BCUT2D eigenvalue weighted by molar-refractivity contribution is -0.384. The molecule has 9 nitrogen and oxygen atoms in total. The number of carboxylic acids is 1. The van der Waals surface area contributed by atoms with Crippen LogP contribution in [0.3, 0.4) is 0 Å². The Balaban J connectivity index is 2.49. The molecule has 2 amide bonds. The number of amides is 2. The maximum atomic E-state index is 11.3. The monoisotopic (exact) mass is 279 g/mol. The normalized spacial score (nSPS) is 14.9. The van der Waals surface area contributed by atoms with E-state index in [-0.39, 0.29) is 30.0 Å². The molecule has 0 unspecified atom stereocenters. The highest BCUT2D eigenvalue weighted by Crippen LogP contribution is 2.29. The molecule has 0 bridgehead atoms. The molecule has 1 aromatic rings. The van der Waals surface area contributed by atoms with Crippen LogP contribution >= 0.6 is 0 Å². The summed E-state index contributed by atoms with van der Waals surface area (Å²) in [4.78, 5) is 44.9. The molecule has 1 fully saturated rings. The summed E-state index contributed by atoms with van der Waals surface area (Å²) in [6.45, 7) is -0.509. The third-order valence-electron chi connectivity index (χ3n) is 2.71. The third kappa shape index (κ3) is 2.55. The molecule has 0 saturated carbocycles. The van der Waals surface area contributed by atoms with Gasteiger partial charge in [-0.25, -0.2) is 4.79 Å². The first kappa shape index (κ1) is 13.5. The quantitative estimate of drug-likeness (QED) is 0.443. The van der Waals surface area contributed by atoms with Crippen LogP contribution in [0, 0.1) is 10.1 Å². The first-order chi connectivity index (χ1) is 9.38. The second-order valence-electron chi connectivity index (χ2n) is 4.09. The average Bonchev–Trinajstić information content (AvgIpc) is 2.36. The van der Waals surface area contributed by atoms with E-state index in [0.29, 0.717) is 0 Å². The lowest BCUT2D eigenvalue weighted by Crippen LogP contribution is -2.51. The Morgan fingerprint density at radius 3 is 2.40 bits per heavy atom.